The lowest BCUT2D eigenvalue weighted by atomic mass is 9.90. The van der Waals surface area contributed by atoms with E-state index in [0.717, 1.165) is 37.3 Å². The van der Waals surface area contributed by atoms with E-state index in [4.69, 9.17) is 11.6 Å². The molecule has 110 valence electrons. The first-order chi connectivity index (χ1) is 10.1. The van der Waals surface area contributed by atoms with E-state index >= 15 is 0 Å². The van der Waals surface area contributed by atoms with Crippen LogP contribution in [0, 0.1) is 0 Å². The molecule has 0 spiro atoms. The fourth-order valence-electron chi connectivity index (χ4n) is 2.85. The van der Waals surface area contributed by atoms with Crippen molar-refractivity contribution in [1.29, 1.82) is 0 Å². The summed E-state index contributed by atoms with van der Waals surface area (Å²) in [7, 11) is 1.78. The minimum Gasteiger partial charge on any atom is -0.355 e. The van der Waals surface area contributed by atoms with Crippen molar-refractivity contribution in [3.05, 3.63) is 57.6 Å². The van der Waals surface area contributed by atoms with Gasteiger partial charge in [0.2, 0.25) is 0 Å². The number of nitrogens with zero attached hydrogens (tertiary/aromatic N) is 3. The number of hydrogen-bond donors (Lipinski definition) is 0. The number of anilines is 1. The molecule has 0 amide bonds. The molecule has 5 heteroatoms. The lowest BCUT2D eigenvalue weighted by Gasteiger charge is -2.33. The number of hydrogen-bond acceptors (Lipinski definition) is 3. The second-order valence-electron chi connectivity index (χ2n) is 5.48. The topological polar surface area (TPSA) is 38.1 Å². The monoisotopic (exact) mass is 303 g/mol. The summed E-state index contributed by atoms with van der Waals surface area (Å²) < 4.78 is 1.60. The summed E-state index contributed by atoms with van der Waals surface area (Å²) in [6.07, 6.45) is 5.65. The molecule has 3 rings (SSSR count). The molecule has 0 aliphatic carbocycles. The van der Waals surface area contributed by atoms with Crippen LogP contribution >= 0.6 is 11.6 Å². The van der Waals surface area contributed by atoms with Crippen LogP contribution in [0.25, 0.3) is 0 Å². The van der Waals surface area contributed by atoms with Crippen molar-refractivity contribution < 1.29 is 0 Å². The minimum absolute atomic E-state index is 0.0581. The molecule has 0 radical (unpaired) electrons. The smallest absolute Gasteiger partial charge is 0.250 e. The van der Waals surface area contributed by atoms with Crippen molar-refractivity contribution in [2.24, 2.45) is 7.05 Å². The van der Waals surface area contributed by atoms with E-state index in [1.54, 1.807) is 23.9 Å². The van der Waals surface area contributed by atoms with Crippen LogP contribution in [0.3, 0.4) is 0 Å². The van der Waals surface area contributed by atoms with Crippen LogP contribution in [-0.4, -0.2) is 22.6 Å². The van der Waals surface area contributed by atoms with Gasteiger partial charge in [-0.15, -0.1) is 0 Å². The van der Waals surface area contributed by atoms with Crippen LogP contribution < -0.4 is 10.5 Å². The van der Waals surface area contributed by atoms with E-state index in [0.29, 0.717) is 10.9 Å². The molecule has 3 heterocycles. The van der Waals surface area contributed by atoms with Crippen LogP contribution in [0.15, 0.2) is 41.5 Å². The Labute approximate surface area is 129 Å². The predicted octanol–water partition coefficient (Wildman–Crippen LogP) is 2.82. The Balaban J connectivity index is 1.72. The molecule has 0 aromatic carbocycles. The Morgan fingerprint density at radius 3 is 2.71 bits per heavy atom. The van der Waals surface area contributed by atoms with E-state index in [2.05, 4.69) is 16.0 Å². The minimum atomic E-state index is 0.0581. The quantitative estimate of drug-likeness (QED) is 0.856. The van der Waals surface area contributed by atoms with Gasteiger partial charge in [-0.1, -0.05) is 11.6 Å². The average Bonchev–Trinajstić information content (AvgIpc) is 2.51. The Bertz CT molecular complexity index is 690. The van der Waals surface area contributed by atoms with Crippen molar-refractivity contribution in [3.8, 4) is 0 Å². The first-order valence-corrected chi connectivity index (χ1v) is 7.55. The van der Waals surface area contributed by atoms with Crippen LogP contribution in [0.2, 0.25) is 5.02 Å². The lowest BCUT2D eigenvalue weighted by Crippen LogP contribution is -2.34. The molecule has 0 unspecified atom stereocenters. The number of pyridine rings is 2. The van der Waals surface area contributed by atoms with Crippen molar-refractivity contribution in [1.82, 2.24) is 9.55 Å². The molecule has 2 aromatic heterocycles. The zero-order chi connectivity index (χ0) is 14.8. The van der Waals surface area contributed by atoms with Gasteiger partial charge in [0.05, 0.1) is 5.02 Å². The van der Waals surface area contributed by atoms with Crippen LogP contribution in [0.1, 0.15) is 24.3 Å². The predicted molar refractivity (Wildman–Crippen MR) is 85.1 cm³/mol. The van der Waals surface area contributed by atoms with Gasteiger partial charge in [-0.25, -0.2) is 4.98 Å². The highest BCUT2D eigenvalue weighted by molar-refractivity contribution is 6.32. The molecule has 2 aromatic rings. The van der Waals surface area contributed by atoms with Gasteiger partial charge in [0, 0.05) is 38.6 Å². The molecule has 1 fully saturated rings. The number of rotatable bonds is 2. The summed E-state index contributed by atoms with van der Waals surface area (Å²) in [5, 5.41) is 0.699. The molecule has 0 saturated carbocycles. The second-order valence-corrected chi connectivity index (χ2v) is 5.89. The van der Waals surface area contributed by atoms with E-state index in [1.165, 1.54) is 0 Å². The van der Waals surface area contributed by atoms with E-state index in [-0.39, 0.29) is 5.56 Å². The lowest BCUT2D eigenvalue weighted by molar-refractivity contribution is 0.501. The van der Waals surface area contributed by atoms with E-state index < -0.39 is 0 Å². The molecule has 0 bridgehead atoms. The molecule has 21 heavy (non-hydrogen) atoms. The van der Waals surface area contributed by atoms with Crippen molar-refractivity contribution in [2.75, 3.05) is 18.0 Å². The van der Waals surface area contributed by atoms with Gasteiger partial charge in [0.15, 0.2) is 0 Å². The first-order valence-electron chi connectivity index (χ1n) is 7.17. The number of aromatic nitrogens is 2. The summed E-state index contributed by atoms with van der Waals surface area (Å²) in [6, 6.07) is 7.53. The van der Waals surface area contributed by atoms with Gasteiger partial charge in [-0.2, -0.15) is 0 Å². The van der Waals surface area contributed by atoms with Gasteiger partial charge in [0.25, 0.3) is 5.56 Å². The highest BCUT2D eigenvalue weighted by atomic mass is 35.5. The number of piperidine rings is 1. The second kappa shape index (κ2) is 5.90. The fourth-order valence-corrected chi connectivity index (χ4v) is 3.09. The van der Waals surface area contributed by atoms with Crippen LogP contribution in [-0.2, 0) is 7.05 Å². The Hall–Kier alpha value is -1.81. The average molecular weight is 304 g/mol. The zero-order valence-corrected chi connectivity index (χ0v) is 12.8. The molecular weight excluding hydrogens is 286 g/mol. The largest absolute Gasteiger partial charge is 0.355 e. The number of halogens is 1. The standard InChI is InChI=1S/C16H18ClN3O/c1-19-8-4-13(11-15(19)21)12-5-9-20(10-6-12)16-14(17)3-2-7-18-16/h2-4,7-8,11-12H,5-6,9-10H2,1H3. The first kappa shape index (κ1) is 14.1. The van der Waals surface area contributed by atoms with Gasteiger partial charge in [-0.3, -0.25) is 4.79 Å². The van der Waals surface area contributed by atoms with Gasteiger partial charge in [0.1, 0.15) is 5.82 Å². The van der Waals surface area contributed by atoms with E-state index in [1.807, 2.05) is 18.3 Å². The summed E-state index contributed by atoms with van der Waals surface area (Å²) in [4.78, 5) is 18.3. The maximum Gasteiger partial charge on any atom is 0.250 e. The Morgan fingerprint density at radius 2 is 2.05 bits per heavy atom. The maximum atomic E-state index is 11.7. The Morgan fingerprint density at radius 1 is 1.29 bits per heavy atom. The third-order valence-electron chi connectivity index (χ3n) is 4.13. The normalized spacial score (nSPS) is 16.2. The maximum absolute atomic E-state index is 11.7. The highest BCUT2D eigenvalue weighted by Gasteiger charge is 2.22. The summed E-state index contributed by atoms with van der Waals surface area (Å²) in [6.45, 7) is 1.83. The molecule has 4 nitrogen and oxygen atoms in total. The zero-order valence-electron chi connectivity index (χ0n) is 12.0. The molecular formula is C16H18ClN3O. The van der Waals surface area contributed by atoms with Crippen molar-refractivity contribution >= 4 is 17.4 Å². The molecule has 0 N–H and O–H groups in total. The summed E-state index contributed by atoms with van der Waals surface area (Å²) >= 11 is 6.20. The number of aryl methyl sites for hydroxylation is 1. The van der Waals surface area contributed by atoms with Gasteiger partial charge < -0.3 is 9.47 Å². The fraction of sp³-hybridized carbons (Fsp3) is 0.375. The molecule has 1 saturated heterocycles. The molecule has 1 aliphatic heterocycles. The van der Waals surface area contributed by atoms with Gasteiger partial charge >= 0.3 is 0 Å². The Kier molecular flexibility index (Phi) is 3.97. The van der Waals surface area contributed by atoms with Crippen molar-refractivity contribution in [2.45, 2.75) is 18.8 Å². The highest BCUT2D eigenvalue weighted by Crippen LogP contribution is 2.31. The third-order valence-corrected chi connectivity index (χ3v) is 4.43. The van der Waals surface area contributed by atoms with Gasteiger partial charge in [-0.05, 0) is 42.5 Å². The van der Waals surface area contributed by atoms with Crippen LogP contribution in [0.5, 0.6) is 0 Å². The molecule has 0 atom stereocenters. The van der Waals surface area contributed by atoms with Crippen LogP contribution in [0.4, 0.5) is 5.82 Å². The SMILES string of the molecule is Cn1ccc(C2CCN(c3ncccc3Cl)CC2)cc1=O. The summed E-state index contributed by atoms with van der Waals surface area (Å²) in [5.41, 5.74) is 1.20. The molecule has 1 aliphatic rings. The van der Waals surface area contributed by atoms with Crippen molar-refractivity contribution in [3.63, 3.8) is 0 Å². The summed E-state index contributed by atoms with van der Waals surface area (Å²) in [5.74, 6) is 1.30. The van der Waals surface area contributed by atoms with E-state index in [9.17, 15) is 4.79 Å². The third kappa shape index (κ3) is 2.95.